The van der Waals surface area contributed by atoms with Crippen LogP contribution in [0.1, 0.15) is 33.2 Å². The molecule has 0 saturated carbocycles. The first-order valence-electron chi connectivity index (χ1n) is 10.4. The largest absolute Gasteiger partial charge is 0.343 e. The Morgan fingerprint density at radius 1 is 1.24 bits per heavy atom. The monoisotopic (exact) mass is 394 g/mol. The number of hydrogen-bond acceptors (Lipinski definition) is 7. The average molecular weight is 395 g/mol. The van der Waals surface area contributed by atoms with Crippen LogP contribution in [0.2, 0.25) is 0 Å². The van der Waals surface area contributed by atoms with Gasteiger partial charge < -0.3 is 19.7 Å². The number of nitrogens with one attached hydrogen (secondary N) is 1. The molecule has 1 fully saturated rings. The highest BCUT2D eigenvalue weighted by Gasteiger charge is 2.23. The molecule has 3 aromatic rings. The van der Waals surface area contributed by atoms with Crippen LogP contribution >= 0.6 is 0 Å². The number of hydrogen-bond donors (Lipinski definition) is 1. The molecule has 0 amide bonds. The summed E-state index contributed by atoms with van der Waals surface area (Å²) in [5.41, 5.74) is 1.95. The molecule has 0 radical (unpaired) electrons. The normalized spacial score (nSPS) is 17.3. The second-order valence-electron chi connectivity index (χ2n) is 8.10. The zero-order valence-corrected chi connectivity index (χ0v) is 17.7. The zero-order chi connectivity index (χ0) is 20.4. The first kappa shape index (κ1) is 19.6. The lowest BCUT2D eigenvalue weighted by atomic mass is 10.1. The van der Waals surface area contributed by atoms with Crippen molar-refractivity contribution in [2.75, 3.05) is 43.4 Å². The Morgan fingerprint density at radius 3 is 2.86 bits per heavy atom. The Kier molecular flexibility index (Phi) is 5.62. The van der Waals surface area contributed by atoms with E-state index in [1.165, 1.54) is 13.0 Å². The SMILES string of the molecule is CCN1CCC(CN(C)c2nccc(Nc3cc4c(cn3)ncn4C(C)C)n2)C1. The summed E-state index contributed by atoms with van der Waals surface area (Å²) in [5, 5.41) is 3.32. The molecule has 1 aliphatic rings. The van der Waals surface area contributed by atoms with Crippen LogP contribution in [0, 0.1) is 5.92 Å². The smallest absolute Gasteiger partial charge is 0.227 e. The molecule has 29 heavy (non-hydrogen) atoms. The van der Waals surface area contributed by atoms with Gasteiger partial charge in [0.25, 0.3) is 0 Å². The number of likely N-dealkylation sites (tertiary alicyclic amines) is 1. The van der Waals surface area contributed by atoms with E-state index >= 15 is 0 Å². The van der Waals surface area contributed by atoms with Crippen LogP contribution in [0.5, 0.6) is 0 Å². The molecule has 1 aliphatic heterocycles. The fourth-order valence-electron chi connectivity index (χ4n) is 3.96. The predicted molar refractivity (Wildman–Crippen MR) is 117 cm³/mol. The van der Waals surface area contributed by atoms with E-state index in [-0.39, 0.29) is 0 Å². The van der Waals surface area contributed by atoms with E-state index in [9.17, 15) is 0 Å². The van der Waals surface area contributed by atoms with Crippen molar-refractivity contribution >= 4 is 28.6 Å². The topological polar surface area (TPSA) is 75.0 Å². The molecule has 3 aromatic heterocycles. The van der Waals surface area contributed by atoms with Gasteiger partial charge in [-0.2, -0.15) is 4.98 Å². The number of nitrogens with zero attached hydrogens (tertiary/aromatic N) is 7. The van der Waals surface area contributed by atoms with Crippen LogP contribution in [-0.4, -0.2) is 62.6 Å². The van der Waals surface area contributed by atoms with Gasteiger partial charge in [0.2, 0.25) is 5.95 Å². The molecule has 1 atom stereocenters. The summed E-state index contributed by atoms with van der Waals surface area (Å²) in [6.07, 6.45) is 6.69. The van der Waals surface area contributed by atoms with Crippen LogP contribution in [0.25, 0.3) is 11.0 Å². The van der Waals surface area contributed by atoms with E-state index < -0.39 is 0 Å². The Balaban J connectivity index is 1.47. The van der Waals surface area contributed by atoms with Crippen molar-refractivity contribution in [1.29, 1.82) is 0 Å². The van der Waals surface area contributed by atoms with Gasteiger partial charge in [0.1, 0.15) is 17.2 Å². The summed E-state index contributed by atoms with van der Waals surface area (Å²) in [6.45, 7) is 11.0. The summed E-state index contributed by atoms with van der Waals surface area (Å²) < 4.78 is 2.14. The van der Waals surface area contributed by atoms with Crippen LogP contribution < -0.4 is 10.2 Å². The lowest BCUT2D eigenvalue weighted by Crippen LogP contribution is -2.29. The number of rotatable bonds is 7. The van der Waals surface area contributed by atoms with E-state index in [2.05, 4.69) is 62.5 Å². The minimum absolute atomic E-state index is 0.341. The average Bonchev–Trinajstić information content (AvgIpc) is 3.34. The summed E-state index contributed by atoms with van der Waals surface area (Å²) in [4.78, 5) is 22.7. The molecule has 4 rings (SSSR count). The predicted octanol–water partition coefficient (Wildman–Crippen LogP) is 3.32. The molecular weight excluding hydrogens is 364 g/mol. The number of aromatic nitrogens is 5. The molecule has 1 N–H and O–H groups in total. The summed E-state index contributed by atoms with van der Waals surface area (Å²) in [5.74, 6) is 2.89. The van der Waals surface area contributed by atoms with Gasteiger partial charge in [-0.3, -0.25) is 0 Å². The van der Waals surface area contributed by atoms with Crippen molar-refractivity contribution in [1.82, 2.24) is 29.4 Å². The van der Waals surface area contributed by atoms with E-state index in [1.54, 1.807) is 12.4 Å². The lowest BCUT2D eigenvalue weighted by molar-refractivity contribution is 0.343. The van der Waals surface area contributed by atoms with Crippen molar-refractivity contribution in [2.45, 2.75) is 33.2 Å². The van der Waals surface area contributed by atoms with Gasteiger partial charge in [-0.15, -0.1) is 0 Å². The molecule has 8 nitrogen and oxygen atoms in total. The molecule has 1 saturated heterocycles. The fraction of sp³-hybridized carbons (Fsp3) is 0.524. The Labute approximate surface area is 172 Å². The quantitative estimate of drug-likeness (QED) is 0.659. The van der Waals surface area contributed by atoms with Gasteiger partial charge in [0.05, 0.1) is 18.0 Å². The third kappa shape index (κ3) is 4.32. The standard InChI is InChI=1S/C21H30N8/c1-5-28-9-7-16(13-28)12-27(4)21-22-8-6-19(26-21)25-20-10-18-17(11-23-20)24-14-29(18)15(2)3/h6,8,10-11,14-16H,5,7,9,12-13H2,1-4H3,(H,22,23,25,26). The second-order valence-corrected chi connectivity index (χ2v) is 8.10. The third-order valence-electron chi connectivity index (χ3n) is 5.61. The first-order valence-corrected chi connectivity index (χ1v) is 10.4. The van der Waals surface area contributed by atoms with E-state index in [0.717, 1.165) is 48.3 Å². The van der Waals surface area contributed by atoms with Gasteiger partial charge in [-0.05, 0) is 45.3 Å². The molecule has 0 aromatic carbocycles. The van der Waals surface area contributed by atoms with Crippen molar-refractivity contribution in [3.05, 3.63) is 30.9 Å². The Bertz CT molecular complexity index is 966. The van der Waals surface area contributed by atoms with Crippen molar-refractivity contribution in [3.63, 3.8) is 0 Å². The van der Waals surface area contributed by atoms with E-state index in [1.807, 2.05) is 18.5 Å². The lowest BCUT2D eigenvalue weighted by Gasteiger charge is -2.21. The molecule has 0 spiro atoms. The van der Waals surface area contributed by atoms with Crippen molar-refractivity contribution in [2.24, 2.45) is 5.92 Å². The molecule has 154 valence electrons. The number of imidazole rings is 1. The van der Waals surface area contributed by atoms with Gasteiger partial charge in [0.15, 0.2) is 0 Å². The van der Waals surface area contributed by atoms with Crippen LogP contribution in [0.4, 0.5) is 17.6 Å². The van der Waals surface area contributed by atoms with Crippen molar-refractivity contribution < 1.29 is 0 Å². The third-order valence-corrected chi connectivity index (χ3v) is 5.61. The minimum Gasteiger partial charge on any atom is -0.343 e. The van der Waals surface area contributed by atoms with Crippen LogP contribution in [-0.2, 0) is 0 Å². The number of pyridine rings is 1. The Morgan fingerprint density at radius 2 is 2.10 bits per heavy atom. The second kappa shape index (κ2) is 8.32. The maximum Gasteiger partial charge on any atom is 0.227 e. The van der Waals surface area contributed by atoms with Crippen molar-refractivity contribution in [3.8, 4) is 0 Å². The molecule has 0 bridgehead atoms. The summed E-state index contributed by atoms with van der Waals surface area (Å²) in [7, 11) is 2.07. The molecule has 4 heterocycles. The maximum absolute atomic E-state index is 4.70. The van der Waals surface area contributed by atoms with Crippen LogP contribution in [0.3, 0.4) is 0 Å². The van der Waals surface area contributed by atoms with Gasteiger partial charge in [-0.1, -0.05) is 6.92 Å². The highest BCUT2D eigenvalue weighted by atomic mass is 15.3. The maximum atomic E-state index is 4.70. The molecular formula is C21H30N8. The fourth-order valence-corrected chi connectivity index (χ4v) is 3.96. The van der Waals surface area contributed by atoms with E-state index in [0.29, 0.717) is 12.0 Å². The summed E-state index contributed by atoms with van der Waals surface area (Å²) >= 11 is 0. The van der Waals surface area contributed by atoms with Crippen LogP contribution in [0.15, 0.2) is 30.9 Å². The molecule has 8 heteroatoms. The van der Waals surface area contributed by atoms with Gasteiger partial charge in [-0.25, -0.2) is 15.0 Å². The Hall–Kier alpha value is -2.74. The van der Waals surface area contributed by atoms with Gasteiger partial charge in [0, 0.05) is 38.4 Å². The molecule has 0 aliphatic carbocycles. The first-order chi connectivity index (χ1) is 14.0. The number of anilines is 3. The molecule has 1 unspecified atom stereocenters. The zero-order valence-electron chi connectivity index (χ0n) is 17.7. The minimum atomic E-state index is 0.341. The van der Waals surface area contributed by atoms with Gasteiger partial charge >= 0.3 is 0 Å². The highest BCUT2D eigenvalue weighted by molar-refractivity contribution is 5.78. The number of fused-ring (bicyclic) bond motifs is 1. The highest BCUT2D eigenvalue weighted by Crippen LogP contribution is 2.22. The van der Waals surface area contributed by atoms with E-state index in [4.69, 9.17) is 4.98 Å². The summed E-state index contributed by atoms with van der Waals surface area (Å²) in [6, 6.07) is 4.23.